The lowest BCUT2D eigenvalue weighted by atomic mass is 9.79. The van der Waals surface area contributed by atoms with Gasteiger partial charge < -0.3 is 0 Å². The van der Waals surface area contributed by atoms with Crippen LogP contribution in [0.2, 0.25) is 0 Å². The zero-order chi connectivity index (χ0) is 10.7. The van der Waals surface area contributed by atoms with Crippen molar-refractivity contribution in [3.05, 3.63) is 35.6 Å². The second-order valence-corrected chi connectivity index (χ2v) is 4.24. The number of rotatable bonds is 1. The minimum Gasteiger partial charge on any atom is -0.207 e. The van der Waals surface area contributed by atoms with Gasteiger partial charge in [0.05, 0.1) is 6.07 Å². The van der Waals surface area contributed by atoms with E-state index in [2.05, 4.69) is 6.07 Å². The summed E-state index contributed by atoms with van der Waals surface area (Å²) in [5, 5.41) is 8.89. The molecular formula is C13H14FN. The molecule has 1 aromatic carbocycles. The highest BCUT2D eigenvalue weighted by atomic mass is 19.1. The van der Waals surface area contributed by atoms with E-state index in [1.807, 2.05) is 12.1 Å². The van der Waals surface area contributed by atoms with Crippen molar-refractivity contribution in [3.8, 4) is 6.07 Å². The summed E-state index contributed by atoms with van der Waals surface area (Å²) < 4.78 is 12.7. The smallest absolute Gasteiger partial charge is 0.123 e. The molecule has 1 nitrogen and oxygen atoms in total. The van der Waals surface area contributed by atoms with Gasteiger partial charge in [-0.25, -0.2) is 4.39 Å². The van der Waals surface area contributed by atoms with Gasteiger partial charge in [0.15, 0.2) is 0 Å². The van der Waals surface area contributed by atoms with Crippen LogP contribution in [-0.2, 0) is 0 Å². The lowest BCUT2D eigenvalue weighted by Gasteiger charge is -2.25. The molecule has 0 bridgehead atoms. The van der Waals surface area contributed by atoms with E-state index in [0.717, 1.165) is 25.7 Å². The fourth-order valence-corrected chi connectivity index (χ4v) is 2.34. The Labute approximate surface area is 89.5 Å². The predicted octanol–water partition coefficient (Wildman–Crippen LogP) is 3.62. The second-order valence-electron chi connectivity index (χ2n) is 4.24. The molecule has 0 saturated heterocycles. The maximum absolute atomic E-state index is 12.7. The lowest BCUT2D eigenvalue weighted by molar-refractivity contribution is 0.379. The van der Waals surface area contributed by atoms with Crippen molar-refractivity contribution >= 4 is 0 Å². The summed E-state index contributed by atoms with van der Waals surface area (Å²) in [6, 6.07) is 9.05. The third-order valence-electron chi connectivity index (χ3n) is 3.20. The van der Waals surface area contributed by atoms with Crippen molar-refractivity contribution < 1.29 is 4.39 Å². The molecule has 1 aliphatic carbocycles. The van der Waals surface area contributed by atoms with Gasteiger partial charge in [-0.3, -0.25) is 0 Å². The molecule has 0 amide bonds. The molecule has 78 valence electrons. The maximum atomic E-state index is 12.7. The van der Waals surface area contributed by atoms with Crippen LogP contribution >= 0.6 is 0 Å². The molecule has 2 heteroatoms. The average molecular weight is 203 g/mol. The van der Waals surface area contributed by atoms with Gasteiger partial charge in [-0.2, -0.15) is 5.26 Å². The highest BCUT2D eigenvalue weighted by Crippen LogP contribution is 2.35. The van der Waals surface area contributed by atoms with Crippen LogP contribution in [0.5, 0.6) is 0 Å². The Morgan fingerprint density at radius 3 is 2.60 bits per heavy atom. The van der Waals surface area contributed by atoms with Crippen molar-refractivity contribution in [2.24, 2.45) is 5.92 Å². The highest BCUT2D eigenvalue weighted by molar-refractivity contribution is 5.21. The largest absolute Gasteiger partial charge is 0.207 e. The summed E-state index contributed by atoms with van der Waals surface area (Å²) in [6.45, 7) is 0. The third-order valence-corrected chi connectivity index (χ3v) is 3.20. The molecule has 2 atom stereocenters. The van der Waals surface area contributed by atoms with Crippen LogP contribution in [0.25, 0.3) is 0 Å². The van der Waals surface area contributed by atoms with E-state index >= 15 is 0 Å². The standard InChI is InChI=1S/C13H14FN/c14-13-6-4-11(5-7-13)12-3-1-2-10(8-12)9-15/h4-7,10,12H,1-3,8H2. The fourth-order valence-electron chi connectivity index (χ4n) is 2.34. The Hall–Kier alpha value is -1.36. The summed E-state index contributed by atoms with van der Waals surface area (Å²) in [4.78, 5) is 0. The Bertz CT molecular complexity index is 363. The van der Waals surface area contributed by atoms with Crippen molar-refractivity contribution in [2.45, 2.75) is 31.6 Å². The first-order valence-electron chi connectivity index (χ1n) is 5.44. The molecule has 2 unspecified atom stereocenters. The minimum absolute atomic E-state index is 0.189. The number of nitrogens with zero attached hydrogens (tertiary/aromatic N) is 1. The molecule has 1 aliphatic rings. The molecule has 0 aromatic heterocycles. The first-order valence-corrected chi connectivity index (χ1v) is 5.44. The van der Waals surface area contributed by atoms with Gasteiger partial charge in [0.25, 0.3) is 0 Å². The number of nitriles is 1. The summed E-state index contributed by atoms with van der Waals surface area (Å²) in [6.07, 6.45) is 4.19. The minimum atomic E-state index is -0.189. The number of benzene rings is 1. The van der Waals surface area contributed by atoms with E-state index in [4.69, 9.17) is 5.26 Å². The molecule has 15 heavy (non-hydrogen) atoms. The molecule has 0 aliphatic heterocycles. The van der Waals surface area contributed by atoms with E-state index in [1.165, 1.54) is 17.7 Å². The molecular weight excluding hydrogens is 189 g/mol. The van der Waals surface area contributed by atoms with Gasteiger partial charge in [-0.15, -0.1) is 0 Å². The van der Waals surface area contributed by atoms with Gasteiger partial charge in [0.2, 0.25) is 0 Å². The molecule has 2 rings (SSSR count). The third kappa shape index (κ3) is 2.36. The van der Waals surface area contributed by atoms with Gasteiger partial charge in [0.1, 0.15) is 5.82 Å². The van der Waals surface area contributed by atoms with E-state index in [0.29, 0.717) is 5.92 Å². The quantitative estimate of drug-likeness (QED) is 0.683. The predicted molar refractivity (Wildman–Crippen MR) is 56.7 cm³/mol. The Balaban J connectivity index is 2.10. The highest BCUT2D eigenvalue weighted by Gasteiger charge is 2.22. The van der Waals surface area contributed by atoms with Crippen LogP contribution in [0.1, 0.15) is 37.2 Å². The first kappa shape index (κ1) is 10.2. The van der Waals surface area contributed by atoms with Crippen LogP contribution in [0.3, 0.4) is 0 Å². The van der Waals surface area contributed by atoms with E-state index in [9.17, 15) is 4.39 Å². The van der Waals surface area contributed by atoms with E-state index in [-0.39, 0.29) is 11.7 Å². The molecule has 0 spiro atoms. The van der Waals surface area contributed by atoms with Crippen LogP contribution in [0.4, 0.5) is 4.39 Å². The number of hydrogen-bond acceptors (Lipinski definition) is 1. The van der Waals surface area contributed by atoms with E-state index in [1.54, 1.807) is 0 Å². The van der Waals surface area contributed by atoms with E-state index < -0.39 is 0 Å². The Kier molecular flexibility index (Phi) is 3.01. The molecule has 0 heterocycles. The van der Waals surface area contributed by atoms with Crippen LogP contribution in [0.15, 0.2) is 24.3 Å². The van der Waals surface area contributed by atoms with Gasteiger partial charge in [-0.1, -0.05) is 18.6 Å². The first-order chi connectivity index (χ1) is 7.29. The van der Waals surface area contributed by atoms with Crippen molar-refractivity contribution in [3.63, 3.8) is 0 Å². The Morgan fingerprint density at radius 2 is 1.93 bits per heavy atom. The molecule has 1 aromatic rings. The molecule has 0 N–H and O–H groups in total. The van der Waals surface area contributed by atoms with Gasteiger partial charge in [-0.05, 0) is 42.9 Å². The zero-order valence-corrected chi connectivity index (χ0v) is 8.62. The summed E-state index contributed by atoms with van der Waals surface area (Å²) in [5.41, 5.74) is 1.18. The van der Waals surface area contributed by atoms with Crippen LogP contribution < -0.4 is 0 Å². The number of halogens is 1. The summed E-state index contributed by atoms with van der Waals surface area (Å²) in [7, 11) is 0. The van der Waals surface area contributed by atoms with Crippen LogP contribution in [0, 0.1) is 23.1 Å². The normalized spacial score (nSPS) is 25.9. The van der Waals surface area contributed by atoms with Crippen molar-refractivity contribution in [1.82, 2.24) is 0 Å². The number of hydrogen-bond donors (Lipinski definition) is 0. The summed E-state index contributed by atoms with van der Waals surface area (Å²) >= 11 is 0. The van der Waals surface area contributed by atoms with Crippen molar-refractivity contribution in [1.29, 1.82) is 5.26 Å². The van der Waals surface area contributed by atoms with Gasteiger partial charge in [0, 0.05) is 5.92 Å². The Morgan fingerprint density at radius 1 is 1.20 bits per heavy atom. The van der Waals surface area contributed by atoms with Crippen molar-refractivity contribution in [2.75, 3.05) is 0 Å². The molecule has 1 saturated carbocycles. The average Bonchev–Trinajstić information content (AvgIpc) is 2.30. The monoisotopic (exact) mass is 203 g/mol. The van der Waals surface area contributed by atoms with Gasteiger partial charge >= 0.3 is 0 Å². The SMILES string of the molecule is N#CC1CCCC(c2ccc(F)cc2)C1. The second kappa shape index (κ2) is 4.44. The topological polar surface area (TPSA) is 23.8 Å². The lowest BCUT2D eigenvalue weighted by Crippen LogP contribution is -2.12. The zero-order valence-electron chi connectivity index (χ0n) is 8.62. The maximum Gasteiger partial charge on any atom is 0.123 e. The molecule has 1 fully saturated rings. The fraction of sp³-hybridized carbons (Fsp3) is 0.462. The van der Waals surface area contributed by atoms with Crippen LogP contribution in [-0.4, -0.2) is 0 Å². The summed E-state index contributed by atoms with van der Waals surface area (Å²) in [5.74, 6) is 0.448. The molecule has 0 radical (unpaired) electrons.